The van der Waals surface area contributed by atoms with E-state index in [1.54, 1.807) is 0 Å². The van der Waals surface area contributed by atoms with Crippen molar-refractivity contribution in [3.8, 4) is 0 Å². The monoisotopic (exact) mass is 249 g/mol. The molecule has 1 aromatic rings. The highest BCUT2D eigenvalue weighted by molar-refractivity contribution is 5.39. The van der Waals surface area contributed by atoms with Gasteiger partial charge >= 0.3 is 0 Å². The molecule has 1 aliphatic rings. The second kappa shape index (κ2) is 6.11. The second-order valence-electron chi connectivity index (χ2n) is 5.15. The molecule has 100 valence electrons. The van der Waals surface area contributed by atoms with Crippen LogP contribution in [0.1, 0.15) is 18.5 Å². The van der Waals surface area contributed by atoms with Gasteiger partial charge in [0.25, 0.3) is 0 Å². The fourth-order valence-electron chi connectivity index (χ4n) is 2.55. The lowest BCUT2D eigenvalue weighted by molar-refractivity contribution is 0.371. The van der Waals surface area contributed by atoms with Crippen LogP contribution in [0.25, 0.3) is 0 Å². The highest BCUT2D eigenvalue weighted by atomic mass is 15.3. The normalized spacial score (nSPS) is 19.8. The summed E-state index contributed by atoms with van der Waals surface area (Å²) in [5.41, 5.74) is 1.01. The van der Waals surface area contributed by atoms with Crippen molar-refractivity contribution >= 4 is 5.82 Å². The summed E-state index contributed by atoms with van der Waals surface area (Å²) in [6.45, 7) is 2.95. The zero-order chi connectivity index (χ0) is 13.0. The van der Waals surface area contributed by atoms with Gasteiger partial charge in [-0.3, -0.25) is 4.98 Å². The van der Waals surface area contributed by atoms with Gasteiger partial charge in [-0.25, -0.2) is 4.98 Å². The van der Waals surface area contributed by atoms with E-state index in [4.69, 9.17) is 0 Å². The number of likely N-dealkylation sites (N-methyl/N-ethyl adjacent to an activating group) is 1. The van der Waals surface area contributed by atoms with Gasteiger partial charge in [0.05, 0.1) is 11.9 Å². The summed E-state index contributed by atoms with van der Waals surface area (Å²) in [6, 6.07) is 0.569. The molecule has 1 saturated heterocycles. The van der Waals surface area contributed by atoms with Crippen molar-refractivity contribution in [3.05, 3.63) is 18.1 Å². The third-order valence-electron chi connectivity index (χ3n) is 3.28. The fourth-order valence-corrected chi connectivity index (χ4v) is 2.55. The number of hydrogen-bond donors (Lipinski definition) is 1. The number of aromatic nitrogens is 2. The molecule has 0 bridgehead atoms. The molecule has 0 spiro atoms. The van der Waals surface area contributed by atoms with Crippen LogP contribution in [0.2, 0.25) is 0 Å². The van der Waals surface area contributed by atoms with Crippen LogP contribution in [-0.2, 0) is 6.54 Å². The Morgan fingerprint density at radius 1 is 1.44 bits per heavy atom. The minimum atomic E-state index is 0.569. The summed E-state index contributed by atoms with van der Waals surface area (Å²) in [5.74, 6) is 1.02. The molecule has 18 heavy (non-hydrogen) atoms. The zero-order valence-electron chi connectivity index (χ0n) is 11.6. The number of nitrogens with zero attached hydrogens (tertiary/aromatic N) is 4. The number of nitrogens with one attached hydrogen (secondary N) is 1. The Kier molecular flexibility index (Phi) is 4.49. The standard InChI is InChI=1S/C13H23N5/c1-14-7-11-8-15-9-13(16-11)18-6-4-5-12(18)10-17(2)3/h8-9,12,14H,4-7,10H2,1-3H3. The third-order valence-corrected chi connectivity index (χ3v) is 3.28. The van der Waals surface area contributed by atoms with E-state index < -0.39 is 0 Å². The van der Waals surface area contributed by atoms with Gasteiger partial charge in [-0.2, -0.15) is 0 Å². The SMILES string of the molecule is CNCc1cncc(N2CCCC2CN(C)C)n1. The molecular weight excluding hydrogens is 226 g/mol. The first kappa shape index (κ1) is 13.2. The Balaban J connectivity index is 2.11. The molecule has 0 aromatic carbocycles. The second-order valence-corrected chi connectivity index (χ2v) is 5.15. The molecule has 2 heterocycles. The maximum atomic E-state index is 4.68. The Bertz CT molecular complexity index is 379. The number of hydrogen-bond acceptors (Lipinski definition) is 5. The first-order valence-electron chi connectivity index (χ1n) is 6.57. The summed E-state index contributed by atoms with van der Waals surface area (Å²) in [5, 5.41) is 3.12. The quantitative estimate of drug-likeness (QED) is 0.833. The third kappa shape index (κ3) is 3.17. The summed E-state index contributed by atoms with van der Waals surface area (Å²) in [4.78, 5) is 13.6. The van der Waals surface area contributed by atoms with Crippen molar-refractivity contribution in [2.75, 3.05) is 39.1 Å². The van der Waals surface area contributed by atoms with Crippen LogP contribution in [0, 0.1) is 0 Å². The van der Waals surface area contributed by atoms with Gasteiger partial charge in [-0.1, -0.05) is 0 Å². The maximum absolute atomic E-state index is 4.68. The molecule has 0 saturated carbocycles. The van der Waals surface area contributed by atoms with Crippen molar-refractivity contribution in [2.45, 2.75) is 25.4 Å². The van der Waals surface area contributed by atoms with Crippen molar-refractivity contribution < 1.29 is 0 Å². The van der Waals surface area contributed by atoms with E-state index in [1.807, 2.05) is 19.4 Å². The van der Waals surface area contributed by atoms with Crippen LogP contribution in [-0.4, -0.2) is 55.1 Å². The van der Waals surface area contributed by atoms with Gasteiger partial charge < -0.3 is 15.1 Å². The van der Waals surface area contributed by atoms with Crippen molar-refractivity contribution in [1.29, 1.82) is 0 Å². The molecule has 1 aliphatic heterocycles. The largest absolute Gasteiger partial charge is 0.351 e. The maximum Gasteiger partial charge on any atom is 0.147 e. The van der Waals surface area contributed by atoms with Gasteiger partial charge in [0.15, 0.2) is 0 Å². The smallest absolute Gasteiger partial charge is 0.147 e. The molecule has 1 aromatic heterocycles. The predicted molar refractivity (Wildman–Crippen MR) is 73.7 cm³/mol. The highest BCUT2D eigenvalue weighted by Gasteiger charge is 2.26. The lowest BCUT2D eigenvalue weighted by atomic mass is 10.2. The number of anilines is 1. The molecule has 2 rings (SSSR count). The van der Waals surface area contributed by atoms with Crippen LogP contribution >= 0.6 is 0 Å². The molecule has 1 N–H and O–H groups in total. The average Bonchev–Trinajstić information content (AvgIpc) is 2.77. The topological polar surface area (TPSA) is 44.3 Å². The van der Waals surface area contributed by atoms with E-state index in [0.717, 1.165) is 31.1 Å². The van der Waals surface area contributed by atoms with Crippen LogP contribution in [0.4, 0.5) is 5.82 Å². The van der Waals surface area contributed by atoms with Crippen molar-refractivity contribution in [3.63, 3.8) is 0 Å². The molecule has 5 nitrogen and oxygen atoms in total. The van der Waals surface area contributed by atoms with E-state index >= 15 is 0 Å². The van der Waals surface area contributed by atoms with E-state index in [9.17, 15) is 0 Å². The van der Waals surface area contributed by atoms with Crippen LogP contribution < -0.4 is 10.2 Å². The van der Waals surface area contributed by atoms with Crippen LogP contribution in [0.3, 0.4) is 0 Å². The van der Waals surface area contributed by atoms with E-state index in [1.165, 1.54) is 12.8 Å². The first-order valence-corrected chi connectivity index (χ1v) is 6.57. The molecule has 0 radical (unpaired) electrons. The Morgan fingerprint density at radius 2 is 2.28 bits per heavy atom. The fraction of sp³-hybridized carbons (Fsp3) is 0.692. The summed E-state index contributed by atoms with van der Waals surface area (Å²) < 4.78 is 0. The van der Waals surface area contributed by atoms with Gasteiger partial charge in [-0.15, -0.1) is 0 Å². The van der Waals surface area contributed by atoms with Crippen LogP contribution in [0.5, 0.6) is 0 Å². The van der Waals surface area contributed by atoms with E-state index in [-0.39, 0.29) is 0 Å². The summed E-state index contributed by atoms with van der Waals surface area (Å²) in [6.07, 6.45) is 6.21. The molecule has 5 heteroatoms. The Morgan fingerprint density at radius 3 is 3.00 bits per heavy atom. The lowest BCUT2D eigenvalue weighted by Crippen LogP contribution is -2.38. The number of rotatable bonds is 5. The average molecular weight is 249 g/mol. The zero-order valence-corrected chi connectivity index (χ0v) is 11.6. The lowest BCUT2D eigenvalue weighted by Gasteiger charge is -2.28. The molecule has 1 atom stereocenters. The van der Waals surface area contributed by atoms with Gasteiger partial charge in [0.1, 0.15) is 5.82 Å². The van der Waals surface area contributed by atoms with Crippen molar-refractivity contribution in [2.24, 2.45) is 0 Å². The van der Waals surface area contributed by atoms with E-state index in [2.05, 4.69) is 39.2 Å². The molecule has 0 amide bonds. The van der Waals surface area contributed by atoms with Gasteiger partial charge in [0.2, 0.25) is 0 Å². The molecular formula is C13H23N5. The minimum absolute atomic E-state index is 0.569. The first-order chi connectivity index (χ1) is 8.70. The Labute approximate surface area is 109 Å². The van der Waals surface area contributed by atoms with Crippen LogP contribution in [0.15, 0.2) is 12.4 Å². The molecule has 1 fully saturated rings. The Hall–Kier alpha value is -1.20. The highest BCUT2D eigenvalue weighted by Crippen LogP contribution is 2.23. The van der Waals surface area contributed by atoms with E-state index in [0.29, 0.717) is 6.04 Å². The minimum Gasteiger partial charge on any atom is -0.351 e. The molecule has 0 aliphatic carbocycles. The summed E-state index contributed by atoms with van der Waals surface area (Å²) in [7, 11) is 6.18. The predicted octanol–water partition coefficient (Wildman–Crippen LogP) is 0.726. The van der Waals surface area contributed by atoms with Gasteiger partial charge in [-0.05, 0) is 34.0 Å². The van der Waals surface area contributed by atoms with Gasteiger partial charge in [0, 0.05) is 31.9 Å². The summed E-state index contributed by atoms with van der Waals surface area (Å²) >= 11 is 0. The molecule has 1 unspecified atom stereocenters. The van der Waals surface area contributed by atoms with Crippen molar-refractivity contribution in [1.82, 2.24) is 20.2 Å².